The van der Waals surface area contributed by atoms with Crippen molar-refractivity contribution in [3.8, 4) is 11.1 Å². The van der Waals surface area contributed by atoms with E-state index < -0.39 is 23.3 Å². The molecule has 0 bridgehead atoms. The average molecular weight is 711 g/mol. The normalized spacial score (nSPS) is 13.4. The molecule has 1 heterocycles. The molecule has 1 aliphatic carbocycles. The van der Waals surface area contributed by atoms with Gasteiger partial charge in [-0.25, -0.2) is 14.8 Å². The molecule has 11 heteroatoms. The average Bonchev–Trinajstić information content (AvgIpc) is 3.57. The molecule has 2 N–H and O–H groups in total. The van der Waals surface area contributed by atoms with Crippen LogP contribution in [0.3, 0.4) is 0 Å². The highest BCUT2D eigenvalue weighted by molar-refractivity contribution is 5.95. The van der Waals surface area contributed by atoms with Gasteiger partial charge in [0.15, 0.2) is 0 Å². The molecule has 0 aliphatic heterocycles. The Hall–Kier alpha value is -5.16. The number of esters is 2. The van der Waals surface area contributed by atoms with Gasteiger partial charge in [-0.05, 0) is 95.0 Å². The topological polar surface area (TPSA) is 130 Å². The van der Waals surface area contributed by atoms with Crippen molar-refractivity contribution in [2.45, 2.75) is 104 Å². The molecule has 5 rings (SSSR count). The van der Waals surface area contributed by atoms with Crippen LogP contribution in [0.25, 0.3) is 22.0 Å². The van der Waals surface area contributed by atoms with Crippen molar-refractivity contribution < 1.29 is 33.8 Å². The van der Waals surface area contributed by atoms with Gasteiger partial charge in [-0.15, -0.1) is 0 Å². The highest BCUT2D eigenvalue weighted by Crippen LogP contribution is 2.47. The zero-order valence-electron chi connectivity index (χ0n) is 31.4. The van der Waals surface area contributed by atoms with Crippen LogP contribution in [0.15, 0.2) is 72.8 Å². The fourth-order valence-corrected chi connectivity index (χ4v) is 6.91. The number of carbonyl (C=O) groups excluding carboxylic acids is 3. The molecule has 1 atom stereocenters. The highest BCUT2D eigenvalue weighted by atomic mass is 16.6. The van der Waals surface area contributed by atoms with Crippen LogP contribution in [0.4, 0.5) is 10.5 Å². The summed E-state index contributed by atoms with van der Waals surface area (Å²) in [5.74, 6) is -1.22. The lowest BCUT2D eigenvalue weighted by Crippen LogP contribution is -2.49. The number of fused-ring (bicyclic) bond motifs is 4. The maximum Gasteiger partial charge on any atom is 0.421 e. The number of rotatable bonds is 12. The van der Waals surface area contributed by atoms with Gasteiger partial charge >= 0.3 is 18.0 Å². The number of nitrogens with zero attached hydrogens (tertiary/aromatic N) is 3. The Morgan fingerprint density at radius 2 is 1.37 bits per heavy atom. The molecule has 4 aromatic rings. The van der Waals surface area contributed by atoms with E-state index in [2.05, 4.69) is 29.6 Å². The number of nitrogens with one attached hydrogen (secondary N) is 1. The number of hydrazine groups is 1. The predicted octanol–water partition coefficient (Wildman–Crippen LogP) is 7.96. The van der Waals surface area contributed by atoms with Crippen LogP contribution in [0.5, 0.6) is 0 Å². The zero-order chi connectivity index (χ0) is 38.0. The third kappa shape index (κ3) is 9.00. The third-order valence-electron chi connectivity index (χ3n) is 9.03. The third-order valence-corrected chi connectivity index (χ3v) is 9.03. The van der Waals surface area contributed by atoms with Crippen molar-refractivity contribution in [2.75, 3.05) is 12.4 Å². The summed E-state index contributed by atoms with van der Waals surface area (Å²) in [6.45, 7) is 13.4. The van der Waals surface area contributed by atoms with Crippen molar-refractivity contribution in [3.05, 3.63) is 89.6 Å². The van der Waals surface area contributed by atoms with Crippen LogP contribution >= 0.6 is 0 Å². The Morgan fingerprint density at radius 1 is 0.808 bits per heavy atom. The largest absolute Gasteiger partial charge is 0.464 e. The molecule has 1 unspecified atom stereocenters. The molecule has 3 aromatic carbocycles. The maximum atomic E-state index is 12.9. The van der Waals surface area contributed by atoms with Gasteiger partial charge in [0.25, 0.3) is 0 Å². The van der Waals surface area contributed by atoms with E-state index >= 15 is 0 Å². The molecule has 0 fully saturated rings. The highest BCUT2D eigenvalue weighted by Gasteiger charge is 2.37. The lowest BCUT2D eigenvalue weighted by Gasteiger charge is -2.38. The number of amides is 2. The van der Waals surface area contributed by atoms with Crippen molar-refractivity contribution >= 4 is 40.5 Å². The zero-order valence-corrected chi connectivity index (χ0v) is 31.4. The van der Waals surface area contributed by atoms with Crippen molar-refractivity contribution in [1.29, 1.82) is 0 Å². The second-order valence-corrected chi connectivity index (χ2v) is 15.3. The van der Waals surface area contributed by atoms with Crippen LogP contribution in [-0.4, -0.2) is 67.9 Å². The fourth-order valence-electron chi connectivity index (χ4n) is 6.91. The van der Waals surface area contributed by atoms with Gasteiger partial charge in [0.2, 0.25) is 5.91 Å². The van der Waals surface area contributed by atoms with E-state index in [-0.39, 0.29) is 49.6 Å². The van der Waals surface area contributed by atoms with E-state index in [4.69, 9.17) is 9.47 Å². The van der Waals surface area contributed by atoms with E-state index in [1.54, 1.807) is 33.9 Å². The Labute approximate surface area is 305 Å². The Kier molecular flexibility index (Phi) is 11.1. The van der Waals surface area contributed by atoms with Crippen LogP contribution in [0.1, 0.15) is 90.5 Å². The van der Waals surface area contributed by atoms with Crippen LogP contribution in [-0.2, 0) is 36.9 Å². The van der Waals surface area contributed by atoms with E-state index in [1.165, 1.54) is 5.01 Å². The van der Waals surface area contributed by atoms with Crippen molar-refractivity contribution in [3.63, 3.8) is 0 Å². The summed E-state index contributed by atoms with van der Waals surface area (Å²) in [4.78, 5) is 50.5. The molecule has 0 spiro atoms. The molecule has 52 heavy (non-hydrogen) atoms. The predicted molar refractivity (Wildman–Crippen MR) is 201 cm³/mol. The summed E-state index contributed by atoms with van der Waals surface area (Å²) in [7, 11) is 1.55. The minimum absolute atomic E-state index is 0.0309. The van der Waals surface area contributed by atoms with Gasteiger partial charge in [0, 0.05) is 54.3 Å². The molecule has 2 amide bonds. The summed E-state index contributed by atoms with van der Waals surface area (Å²) in [6, 6.07) is 23.6. The molecule has 1 aliphatic rings. The van der Waals surface area contributed by atoms with Crippen LogP contribution in [0.2, 0.25) is 0 Å². The first-order valence-corrected chi connectivity index (χ1v) is 17.7. The van der Waals surface area contributed by atoms with Gasteiger partial charge in [-0.1, -0.05) is 48.5 Å². The summed E-state index contributed by atoms with van der Waals surface area (Å²) in [5, 5.41) is 17.1. The number of carboxylic acid groups (broad SMARTS) is 1. The number of ether oxygens (including phenoxy) is 2. The number of hydrogen-bond donors (Lipinski definition) is 2. The maximum absolute atomic E-state index is 12.9. The number of anilines is 1. The first-order chi connectivity index (χ1) is 24.4. The lowest BCUT2D eigenvalue weighted by molar-refractivity contribution is -0.156. The Balaban J connectivity index is 1.47. The molecule has 0 saturated heterocycles. The minimum Gasteiger partial charge on any atom is -0.464 e. The van der Waals surface area contributed by atoms with Gasteiger partial charge in [0.05, 0.1) is 19.4 Å². The molecule has 1 aromatic heterocycles. The van der Waals surface area contributed by atoms with E-state index in [0.717, 1.165) is 38.9 Å². The first kappa shape index (κ1) is 38.1. The van der Waals surface area contributed by atoms with Gasteiger partial charge in [-0.2, -0.15) is 0 Å². The first-order valence-electron chi connectivity index (χ1n) is 17.7. The fraction of sp³-hybridized carbons (Fsp3) is 0.415. The minimum atomic E-state index is -1.10. The summed E-state index contributed by atoms with van der Waals surface area (Å²) in [6.07, 6.45) is -1.07. The molecule has 0 radical (unpaired) electrons. The van der Waals surface area contributed by atoms with E-state index in [9.17, 15) is 24.3 Å². The SMILES string of the molecule is CC(C1c2ccccc2-c2ccccc21)N(Cc1cc2cc(NC(=O)CCC(=O)OC(C)(C)C)ccc2n1CCC(=O)OC(C)(C)C)N(C)C(=O)O. The number of aromatic nitrogens is 1. The number of carbonyl (C=O) groups is 4. The quantitative estimate of drug-likeness (QED) is 0.112. The van der Waals surface area contributed by atoms with Gasteiger partial charge in [0.1, 0.15) is 11.2 Å². The summed E-state index contributed by atoms with van der Waals surface area (Å²) >= 11 is 0. The number of hydrogen-bond acceptors (Lipinski definition) is 7. The standard InChI is InChI=1S/C41H50N4O7/c1-26(38-32-15-11-9-13-30(32)31-14-10-12-16-33(31)38)45(43(8)39(49)50)25-29-24-27-23-28(42-35(46)19-20-36(47)51-40(2,3)4)17-18-34(27)44(29)22-21-37(48)52-41(5,6)7/h9-18,23-24,26,38H,19-22,25H2,1-8H3,(H,42,46)(H,49,50). The number of benzene rings is 3. The van der Waals surface area contributed by atoms with E-state index in [1.807, 2.05) is 79.7 Å². The second kappa shape index (κ2) is 15.2. The molecular formula is C41H50N4O7. The van der Waals surface area contributed by atoms with Crippen molar-refractivity contribution in [2.24, 2.45) is 0 Å². The van der Waals surface area contributed by atoms with E-state index in [0.29, 0.717) is 12.2 Å². The monoisotopic (exact) mass is 710 g/mol. The smallest absolute Gasteiger partial charge is 0.421 e. The molecule has 11 nitrogen and oxygen atoms in total. The lowest BCUT2D eigenvalue weighted by atomic mass is 9.90. The van der Waals surface area contributed by atoms with Crippen LogP contribution < -0.4 is 5.32 Å². The number of aryl methyl sites for hydroxylation is 1. The molecule has 0 saturated carbocycles. The summed E-state index contributed by atoms with van der Waals surface area (Å²) < 4.78 is 13.0. The molecular weight excluding hydrogens is 660 g/mol. The van der Waals surface area contributed by atoms with Gasteiger partial charge < -0.3 is 24.5 Å². The Morgan fingerprint density at radius 3 is 1.92 bits per heavy atom. The van der Waals surface area contributed by atoms with Gasteiger partial charge in [-0.3, -0.25) is 14.4 Å². The van der Waals surface area contributed by atoms with Crippen LogP contribution in [0, 0.1) is 0 Å². The molecule has 276 valence electrons. The second-order valence-electron chi connectivity index (χ2n) is 15.3. The summed E-state index contributed by atoms with van der Waals surface area (Å²) in [5.41, 5.74) is 5.42. The van der Waals surface area contributed by atoms with Crippen molar-refractivity contribution in [1.82, 2.24) is 14.6 Å². The Bertz CT molecular complexity index is 1920.